The average molecular weight is 547 g/mol. The first-order valence-corrected chi connectivity index (χ1v) is 16.5. The molecule has 0 radical (unpaired) electrons. The van der Waals surface area contributed by atoms with Crippen LogP contribution in [-0.4, -0.2) is 17.9 Å². The van der Waals surface area contributed by atoms with Crippen molar-refractivity contribution >= 4 is 11.8 Å². The Morgan fingerprint density at radius 3 is 2.30 bits per heavy atom. The van der Waals surface area contributed by atoms with Gasteiger partial charge in [-0.15, -0.1) is 0 Å². The predicted molar refractivity (Wildman–Crippen MR) is 163 cm³/mol. The van der Waals surface area contributed by atoms with Crippen molar-refractivity contribution < 1.29 is 14.3 Å². The molecule has 1 aromatic carbocycles. The third-order valence-electron chi connectivity index (χ3n) is 12.8. The van der Waals surface area contributed by atoms with E-state index in [0.717, 1.165) is 36.5 Å². The lowest BCUT2D eigenvalue weighted by atomic mass is 9.46. The highest BCUT2D eigenvalue weighted by molar-refractivity contribution is 5.95. The molecule has 0 saturated heterocycles. The van der Waals surface area contributed by atoms with E-state index in [0.29, 0.717) is 28.6 Å². The van der Waals surface area contributed by atoms with Crippen molar-refractivity contribution in [2.24, 2.45) is 58.2 Å². The fraction of sp³-hybridized carbons (Fsp3) is 0.730. The normalized spacial score (nSPS) is 38.6. The number of benzene rings is 1. The lowest BCUT2D eigenvalue weighted by Gasteiger charge is -2.58. The van der Waals surface area contributed by atoms with Crippen LogP contribution in [0.5, 0.6) is 0 Å². The van der Waals surface area contributed by atoms with E-state index in [2.05, 4.69) is 54.5 Å². The Morgan fingerprint density at radius 1 is 0.950 bits per heavy atom. The summed E-state index contributed by atoms with van der Waals surface area (Å²) in [5.41, 5.74) is 2.37. The molecule has 3 saturated carbocycles. The molecule has 3 fully saturated rings. The highest BCUT2D eigenvalue weighted by Gasteiger charge is 2.61. The van der Waals surface area contributed by atoms with Gasteiger partial charge in [0.25, 0.3) is 0 Å². The third kappa shape index (κ3) is 5.02. The number of hydrogen-bond acceptors (Lipinski definition) is 3. The minimum absolute atomic E-state index is 0.0348. The Bertz CT molecular complexity index is 1100. The molecule has 0 aromatic heterocycles. The second-order valence-corrected chi connectivity index (χ2v) is 15.0. The van der Waals surface area contributed by atoms with Crippen LogP contribution in [0.4, 0.5) is 0 Å². The van der Waals surface area contributed by atoms with E-state index in [1.807, 2.05) is 30.3 Å². The quantitative estimate of drug-likeness (QED) is 0.305. The van der Waals surface area contributed by atoms with Gasteiger partial charge >= 0.3 is 5.97 Å². The van der Waals surface area contributed by atoms with E-state index in [4.69, 9.17) is 4.74 Å². The fourth-order valence-corrected chi connectivity index (χ4v) is 10.4. The number of carbonyl (C=O) groups excluding carboxylic acids is 2. The second kappa shape index (κ2) is 11.4. The standard InChI is InChI=1S/C37H54O3/c1-8-26(23(2)3)15-14-24(4)29-16-17-30-28-22-32(38)34-25(5)33(40-35(39)27-12-10-9-11-13-27)19-21-37(34,7)31(28)18-20-36(29,30)6/h9-13,22-26,29-31,33-34H,8,14-21H2,1-7H3. The number of ether oxygens (including phenoxy) is 1. The zero-order chi connectivity index (χ0) is 28.8. The molecule has 0 aliphatic heterocycles. The van der Waals surface area contributed by atoms with Gasteiger partial charge in [-0.25, -0.2) is 4.79 Å². The Labute approximate surface area is 243 Å². The maximum Gasteiger partial charge on any atom is 0.338 e. The first-order valence-electron chi connectivity index (χ1n) is 16.5. The van der Waals surface area contributed by atoms with Gasteiger partial charge in [0.2, 0.25) is 0 Å². The topological polar surface area (TPSA) is 43.4 Å². The molecule has 3 nitrogen and oxygen atoms in total. The van der Waals surface area contributed by atoms with E-state index in [1.165, 1.54) is 50.5 Å². The molecule has 4 aliphatic carbocycles. The van der Waals surface area contributed by atoms with E-state index in [1.54, 1.807) is 0 Å². The van der Waals surface area contributed by atoms with Crippen LogP contribution >= 0.6 is 0 Å². The molecule has 3 heteroatoms. The van der Waals surface area contributed by atoms with Gasteiger partial charge in [0.1, 0.15) is 6.10 Å². The first kappa shape index (κ1) is 29.6. The van der Waals surface area contributed by atoms with Crippen molar-refractivity contribution in [2.45, 2.75) is 112 Å². The average Bonchev–Trinajstić information content (AvgIpc) is 3.28. The van der Waals surface area contributed by atoms with E-state index in [9.17, 15) is 9.59 Å². The number of hydrogen-bond donors (Lipinski definition) is 0. The molecule has 0 heterocycles. The molecule has 4 aliphatic rings. The van der Waals surface area contributed by atoms with Gasteiger partial charge in [-0.3, -0.25) is 4.79 Å². The summed E-state index contributed by atoms with van der Waals surface area (Å²) >= 11 is 0. The van der Waals surface area contributed by atoms with Gasteiger partial charge in [-0.1, -0.05) is 85.1 Å². The van der Waals surface area contributed by atoms with Crippen molar-refractivity contribution in [3.05, 3.63) is 47.5 Å². The molecular formula is C37H54O3. The number of fused-ring (bicyclic) bond motifs is 5. The van der Waals surface area contributed by atoms with Gasteiger partial charge in [0, 0.05) is 11.8 Å². The minimum Gasteiger partial charge on any atom is -0.458 e. The molecule has 5 rings (SSSR count). The maximum atomic E-state index is 14.0. The Kier molecular flexibility index (Phi) is 8.44. The monoisotopic (exact) mass is 546 g/mol. The van der Waals surface area contributed by atoms with Crippen LogP contribution in [0.25, 0.3) is 0 Å². The number of rotatable bonds is 8. The Morgan fingerprint density at radius 2 is 1.62 bits per heavy atom. The highest BCUT2D eigenvalue weighted by atomic mass is 16.5. The summed E-state index contributed by atoms with van der Waals surface area (Å²) in [6, 6.07) is 9.26. The van der Waals surface area contributed by atoms with Crippen LogP contribution < -0.4 is 0 Å². The minimum atomic E-state index is -0.265. The van der Waals surface area contributed by atoms with Crippen molar-refractivity contribution in [1.29, 1.82) is 0 Å². The van der Waals surface area contributed by atoms with Gasteiger partial charge in [-0.2, -0.15) is 0 Å². The van der Waals surface area contributed by atoms with Gasteiger partial charge < -0.3 is 4.74 Å². The SMILES string of the molecule is CCC(CCC(C)C1CCC2C3=CC(=O)C4C(C)C(OC(=O)c5ccccc5)CCC4(C)C3CCC21C)C(C)C. The van der Waals surface area contributed by atoms with Crippen molar-refractivity contribution in [3.8, 4) is 0 Å². The zero-order valence-electron chi connectivity index (χ0n) is 26.2. The molecule has 220 valence electrons. The van der Waals surface area contributed by atoms with Crippen molar-refractivity contribution in [2.75, 3.05) is 0 Å². The first-order chi connectivity index (χ1) is 19.0. The molecule has 10 unspecified atom stereocenters. The van der Waals surface area contributed by atoms with Gasteiger partial charge in [0.15, 0.2) is 5.78 Å². The van der Waals surface area contributed by atoms with E-state index in [-0.39, 0.29) is 29.3 Å². The van der Waals surface area contributed by atoms with Crippen LogP contribution in [0.3, 0.4) is 0 Å². The predicted octanol–water partition coefficient (Wildman–Crippen LogP) is 9.31. The summed E-state index contributed by atoms with van der Waals surface area (Å²) in [6.45, 7) is 16.8. The van der Waals surface area contributed by atoms with Crippen molar-refractivity contribution in [3.63, 3.8) is 0 Å². The molecule has 10 atom stereocenters. The van der Waals surface area contributed by atoms with E-state index >= 15 is 0 Å². The number of esters is 1. The number of carbonyl (C=O) groups is 2. The molecule has 0 bridgehead atoms. The van der Waals surface area contributed by atoms with Gasteiger partial charge in [0.05, 0.1) is 5.56 Å². The number of allylic oxidation sites excluding steroid dienone is 2. The zero-order valence-corrected chi connectivity index (χ0v) is 26.2. The summed E-state index contributed by atoms with van der Waals surface area (Å²) in [7, 11) is 0. The molecule has 0 N–H and O–H groups in total. The van der Waals surface area contributed by atoms with Crippen LogP contribution in [0.15, 0.2) is 42.0 Å². The van der Waals surface area contributed by atoms with Crippen LogP contribution in [0.2, 0.25) is 0 Å². The van der Waals surface area contributed by atoms with Crippen LogP contribution in [0.1, 0.15) is 117 Å². The second-order valence-electron chi connectivity index (χ2n) is 15.0. The third-order valence-corrected chi connectivity index (χ3v) is 12.8. The molecule has 1 aromatic rings. The van der Waals surface area contributed by atoms with Crippen LogP contribution in [-0.2, 0) is 9.53 Å². The summed E-state index contributed by atoms with van der Waals surface area (Å²) in [5.74, 6) is 4.16. The molecule has 0 amide bonds. The summed E-state index contributed by atoms with van der Waals surface area (Å²) in [5, 5.41) is 0. The smallest absolute Gasteiger partial charge is 0.338 e. The maximum absolute atomic E-state index is 14.0. The largest absolute Gasteiger partial charge is 0.458 e. The Balaban J connectivity index is 1.32. The summed E-state index contributed by atoms with van der Waals surface area (Å²) < 4.78 is 6.04. The Hall–Kier alpha value is -1.90. The van der Waals surface area contributed by atoms with E-state index < -0.39 is 0 Å². The molecule has 0 spiro atoms. The molecular weight excluding hydrogens is 492 g/mol. The fourth-order valence-electron chi connectivity index (χ4n) is 10.4. The summed E-state index contributed by atoms with van der Waals surface area (Å²) in [4.78, 5) is 26.8. The van der Waals surface area contributed by atoms with Gasteiger partial charge in [-0.05, 0) is 109 Å². The number of ketones is 1. The lowest BCUT2D eigenvalue weighted by Crippen LogP contribution is -2.56. The molecule has 40 heavy (non-hydrogen) atoms. The van der Waals surface area contributed by atoms with Crippen molar-refractivity contribution in [1.82, 2.24) is 0 Å². The van der Waals surface area contributed by atoms with Crippen LogP contribution in [0, 0.1) is 58.2 Å². The highest BCUT2D eigenvalue weighted by Crippen LogP contribution is 2.67. The summed E-state index contributed by atoms with van der Waals surface area (Å²) in [6.07, 6.45) is 12.7. The lowest BCUT2D eigenvalue weighted by molar-refractivity contribution is -0.140.